The average molecular weight is 349 g/mol. The molecule has 0 fully saturated rings. The highest BCUT2D eigenvalue weighted by Gasteiger charge is 2.04. The Morgan fingerprint density at radius 1 is 1.24 bits per heavy atom. The molecule has 0 saturated carbocycles. The van der Waals surface area contributed by atoms with Gasteiger partial charge in [0, 0.05) is 28.7 Å². The number of rotatable bonds is 6. The van der Waals surface area contributed by atoms with Crippen molar-refractivity contribution >= 4 is 21.8 Å². The predicted molar refractivity (Wildman–Crippen MR) is 86.2 cm³/mol. The standard InChI is InChI=1S/C16H17BrN2O2/c1-21-15-6-5-14(17)8-13(15)10-19-9-11-3-2-4-12(7-11)16(18)20/h2-8,19H,9-10H2,1H3,(H2,18,20). The number of hydrogen-bond donors (Lipinski definition) is 2. The second-order valence-corrected chi connectivity index (χ2v) is 5.54. The van der Waals surface area contributed by atoms with E-state index in [0.29, 0.717) is 18.7 Å². The Bertz CT molecular complexity index is 644. The van der Waals surface area contributed by atoms with E-state index in [0.717, 1.165) is 21.3 Å². The SMILES string of the molecule is COc1ccc(Br)cc1CNCc1cccc(C(N)=O)c1. The van der Waals surface area contributed by atoms with E-state index in [2.05, 4.69) is 21.2 Å². The number of carbonyl (C=O) groups excluding carboxylic acids is 1. The zero-order valence-electron chi connectivity index (χ0n) is 11.7. The van der Waals surface area contributed by atoms with Crippen molar-refractivity contribution < 1.29 is 9.53 Å². The van der Waals surface area contributed by atoms with E-state index >= 15 is 0 Å². The summed E-state index contributed by atoms with van der Waals surface area (Å²) in [6.07, 6.45) is 0. The zero-order valence-corrected chi connectivity index (χ0v) is 13.3. The van der Waals surface area contributed by atoms with Gasteiger partial charge in [-0.15, -0.1) is 0 Å². The van der Waals surface area contributed by atoms with Crippen molar-refractivity contribution in [2.75, 3.05) is 7.11 Å². The highest BCUT2D eigenvalue weighted by molar-refractivity contribution is 9.10. The van der Waals surface area contributed by atoms with Crippen molar-refractivity contribution in [1.29, 1.82) is 0 Å². The van der Waals surface area contributed by atoms with Crippen molar-refractivity contribution in [3.05, 3.63) is 63.6 Å². The average Bonchev–Trinajstić information content (AvgIpc) is 2.48. The first-order chi connectivity index (χ1) is 10.1. The summed E-state index contributed by atoms with van der Waals surface area (Å²) in [5.74, 6) is 0.432. The van der Waals surface area contributed by atoms with Crippen LogP contribution in [0.3, 0.4) is 0 Å². The maximum atomic E-state index is 11.1. The van der Waals surface area contributed by atoms with Crippen LogP contribution < -0.4 is 15.8 Å². The van der Waals surface area contributed by atoms with E-state index in [9.17, 15) is 4.79 Å². The van der Waals surface area contributed by atoms with Gasteiger partial charge in [0.25, 0.3) is 0 Å². The molecule has 0 aromatic heterocycles. The fourth-order valence-electron chi connectivity index (χ4n) is 2.06. The molecular formula is C16H17BrN2O2. The lowest BCUT2D eigenvalue weighted by molar-refractivity contribution is 0.1000. The maximum absolute atomic E-state index is 11.1. The van der Waals surface area contributed by atoms with E-state index in [1.165, 1.54) is 0 Å². The Labute approximate surface area is 132 Å². The van der Waals surface area contributed by atoms with Gasteiger partial charge in [-0.05, 0) is 35.9 Å². The monoisotopic (exact) mass is 348 g/mol. The summed E-state index contributed by atoms with van der Waals surface area (Å²) in [6, 6.07) is 13.2. The summed E-state index contributed by atoms with van der Waals surface area (Å²) >= 11 is 3.45. The molecule has 0 atom stereocenters. The van der Waals surface area contributed by atoms with Gasteiger partial charge in [0.15, 0.2) is 0 Å². The Morgan fingerprint density at radius 2 is 2.05 bits per heavy atom. The van der Waals surface area contributed by atoms with Gasteiger partial charge >= 0.3 is 0 Å². The number of nitrogens with two attached hydrogens (primary N) is 1. The number of halogens is 1. The van der Waals surface area contributed by atoms with Crippen LogP contribution >= 0.6 is 15.9 Å². The van der Waals surface area contributed by atoms with Crippen LogP contribution in [0.1, 0.15) is 21.5 Å². The first-order valence-electron chi connectivity index (χ1n) is 6.52. The lowest BCUT2D eigenvalue weighted by atomic mass is 10.1. The molecule has 2 aromatic carbocycles. The summed E-state index contributed by atoms with van der Waals surface area (Å²) in [5.41, 5.74) is 7.88. The molecule has 2 rings (SSSR count). The van der Waals surface area contributed by atoms with Crippen LogP contribution in [0.2, 0.25) is 0 Å². The summed E-state index contributed by atoms with van der Waals surface area (Å²) < 4.78 is 6.34. The smallest absolute Gasteiger partial charge is 0.248 e. The van der Waals surface area contributed by atoms with E-state index < -0.39 is 5.91 Å². The quantitative estimate of drug-likeness (QED) is 0.843. The molecule has 1 amide bonds. The number of carbonyl (C=O) groups is 1. The maximum Gasteiger partial charge on any atom is 0.248 e. The Kier molecular flexibility index (Phi) is 5.36. The number of hydrogen-bond acceptors (Lipinski definition) is 3. The van der Waals surface area contributed by atoms with Crippen molar-refractivity contribution in [2.24, 2.45) is 5.73 Å². The molecule has 0 aliphatic heterocycles. The molecule has 0 unspecified atom stereocenters. The minimum atomic E-state index is -0.412. The molecule has 0 saturated heterocycles. The molecule has 4 nitrogen and oxygen atoms in total. The van der Waals surface area contributed by atoms with Gasteiger partial charge in [0.2, 0.25) is 5.91 Å². The van der Waals surface area contributed by atoms with Crippen LogP contribution in [0.25, 0.3) is 0 Å². The third kappa shape index (κ3) is 4.31. The van der Waals surface area contributed by atoms with Crippen molar-refractivity contribution in [3.8, 4) is 5.75 Å². The van der Waals surface area contributed by atoms with Crippen LogP contribution in [0, 0.1) is 0 Å². The molecule has 3 N–H and O–H groups in total. The first-order valence-corrected chi connectivity index (χ1v) is 7.31. The van der Waals surface area contributed by atoms with Crippen molar-refractivity contribution in [2.45, 2.75) is 13.1 Å². The van der Waals surface area contributed by atoms with Gasteiger partial charge < -0.3 is 15.8 Å². The van der Waals surface area contributed by atoms with Crippen LogP contribution in [-0.4, -0.2) is 13.0 Å². The minimum absolute atomic E-state index is 0.412. The summed E-state index contributed by atoms with van der Waals surface area (Å²) in [6.45, 7) is 1.32. The Balaban J connectivity index is 2.00. The molecule has 0 aliphatic carbocycles. The lowest BCUT2D eigenvalue weighted by Crippen LogP contribution is -2.15. The highest BCUT2D eigenvalue weighted by atomic mass is 79.9. The lowest BCUT2D eigenvalue weighted by Gasteiger charge is -2.10. The molecular weight excluding hydrogens is 332 g/mol. The molecule has 0 heterocycles. The normalized spacial score (nSPS) is 10.4. The molecule has 0 aliphatic rings. The zero-order chi connectivity index (χ0) is 15.2. The van der Waals surface area contributed by atoms with Gasteiger partial charge in [-0.2, -0.15) is 0 Å². The number of primary amides is 1. The van der Waals surface area contributed by atoms with Gasteiger partial charge in [-0.25, -0.2) is 0 Å². The van der Waals surface area contributed by atoms with Crippen molar-refractivity contribution in [1.82, 2.24) is 5.32 Å². The second-order valence-electron chi connectivity index (χ2n) is 4.62. The fourth-order valence-corrected chi connectivity index (χ4v) is 2.47. The van der Waals surface area contributed by atoms with Gasteiger partial charge in [0.1, 0.15) is 5.75 Å². The number of nitrogens with one attached hydrogen (secondary N) is 1. The van der Waals surface area contributed by atoms with E-state index in [1.807, 2.05) is 30.3 Å². The van der Waals surface area contributed by atoms with Gasteiger partial charge in [0.05, 0.1) is 7.11 Å². The molecule has 21 heavy (non-hydrogen) atoms. The van der Waals surface area contributed by atoms with Gasteiger partial charge in [-0.3, -0.25) is 4.79 Å². The summed E-state index contributed by atoms with van der Waals surface area (Å²) in [4.78, 5) is 11.1. The molecule has 0 spiro atoms. The Hall–Kier alpha value is -1.85. The highest BCUT2D eigenvalue weighted by Crippen LogP contribution is 2.22. The van der Waals surface area contributed by atoms with Gasteiger partial charge in [-0.1, -0.05) is 28.1 Å². The van der Waals surface area contributed by atoms with E-state index in [1.54, 1.807) is 19.2 Å². The first kappa shape index (κ1) is 15.5. The second kappa shape index (κ2) is 7.24. The van der Waals surface area contributed by atoms with Crippen molar-refractivity contribution in [3.63, 3.8) is 0 Å². The molecule has 0 radical (unpaired) electrons. The number of ether oxygens (including phenoxy) is 1. The third-order valence-corrected chi connectivity index (χ3v) is 3.59. The largest absolute Gasteiger partial charge is 0.496 e. The molecule has 5 heteroatoms. The summed E-state index contributed by atoms with van der Waals surface area (Å²) in [7, 11) is 1.66. The number of benzene rings is 2. The number of methoxy groups -OCH3 is 1. The van der Waals surface area contributed by atoms with Crippen LogP contribution in [-0.2, 0) is 13.1 Å². The third-order valence-electron chi connectivity index (χ3n) is 3.10. The minimum Gasteiger partial charge on any atom is -0.496 e. The summed E-state index contributed by atoms with van der Waals surface area (Å²) in [5, 5.41) is 3.33. The fraction of sp³-hybridized carbons (Fsp3) is 0.188. The topological polar surface area (TPSA) is 64.3 Å². The van der Waals surface area contributed by atoms with E-state index in [-0.39, 0.29) is 0 Å². The number of amides is 1. The van der Waals surface area contributed by atoms with Crippen LogP contribution in [0.4, 0.5) is 0 Å². The van der Waals surface area contributed by atoms with Crippen LogP contribution in [0.5, 0.6) is 5.75 Å². The van der Waals surface area contributed by atoms with E-state index in [4.69, 9.17) is 10.5 Å². The molecule has 110 valence electrons. The predicted octanol–water partition coefficient (Wildman–Crippen LogP) is 2.85. The Morgan fingerprint density at radius 3 is 2.76 bits per heavy atom. The molecule has 0 bridgehead atoms. The molecule has 2 aromatic rings. The van der Waals surface area contributed by atoms with Crippen LogP contribution in [0.15, 0.2) is 46.9 Å².